The minimum atomic E-state index is -0.400. The molecule has 0 bridgehead atoms. The predicted octanol–water partition coefficient (Wildman–Crippen LogP) is 4.27. The van der Waals surface area contributed by atoms with E-state index < -0.39 is 5.82 Å². The first-order valence-corrected chi connectivity index (χ1v) is 7.00. The van der Waals surface area contributed by atoms with Gasteiger partial charge >= 0.3 is 0 Å². The molecule has 0 heterocycles. The maximum atomic E-state index is 13.2. The highest BCUT2D eigenvalue weighted by Gasteiger charge is 2.12. The zero-order chi connectivity index (χ0) is 14.5. The van der Waals surface area contributed by atoms with E-state index in [9.17, 15) is 9.18 Å². The summed E-state index contributed by atoms with van der Waals surface area (Å²) in [6.07, 6.45) is 0. The Morgan fingerprint density at radius 2 is 1.95 bits per heavy atom. The van der Waals surface area contributed by atoms with Gasteiger partial charge in [0.05, 0.1) is 11.3 Å². The summed E-state index contributed by atoms with van der Waals surface area (Å²) >= 11 is 3.28. The highest BCUT2D eigenvalue weighted by molar-refractivity contribution is 9.10. The molecule has 2 rings (SSSR count). The molecule has 0 aliphatic heterocycles. The highest BCUT2D eigenvalue weighted by atomic mass is 79.9. The lowest BCUT2D eigenvalue weighted by Crippen LogP contribution is -2.15. The number of hydrogen-bond acceptors (Lipinski definition) is 2. The van der Waals surface area contributed by atoms with Crippen LogP contribution in [0.25, 0.3) is 0 Å². The van der Waals surface area contributed by atoms with Crippen LogP contribution in [-0.4, -0.2) is 12.5 Å². The number of carbonyl (C=O) groups is 1. The maximum absolute atomic E-state index is 13.2. The van der Waals surface area contributed by atoms with Crippen molar-refractivity contribution < 1.29 is 9.18 Å². The molecule has 0 saturated carbocycles. The Balaban J connectivity index is 2.26. The Morgan fingerprint density at radius 3 is 2.70 bits per heavy atom. The number of carbonyl (C=O) groups excluding carboxylic acids is 1. The van der Waals surface area contributed by atoms with E-state index in [4.69, 9.17) is 0 Å². The molecular formula is C15H14BrFN2O. The topological polar surface area (TPSA) is 41.1 Å². The summed E-state index contributed by atoms with van der Waals surface area (Å²) in [5.41, 5.74) is 1.67. The minimum Gasteiger partial charge on any atom is -0.385 e. The standard InChI is InChI=1S/C15H14BrFN2O/c1-2-18-13-6-4-3-5-11(13)15(20)19-14-9-10(17)7-8-12(14)16/h3-9,18H,2H2,1H3,(H,19,20). The lowest BCUT2D eigenvalue weighted by atomic mass is 10.1. The van der Waals surface area contributed by atoms with Crippen LogP contribution in [0.3, 0.4) is 0 Å². The molecule has 2 aromatic carbocycles. The number of benzene rings is 2. The number of halogens is 2. The number of anilines is 2. The van der Waals surface area contributed by atoms with Crippen LogP contribution in [0.1, 0.15) is 17.3 Å². The molecule has 0 saturated heterocycles. The van der Waals surface area contributed by atoms with Gasteiger partial charge in [-0.3, -0.25) is 4.79 Å². The molecule has 1 amide bonds. The predicted molar refractivity (Wildman–Crippen MR) is 82.7 cm³/mol. The molecule has 0 aliphatic rings. The Hall–Kier alpha value is -1.88. The van der Waals surface area contributed by atoms with Gasteiger partial charge in [0.15, 0.2) is 0 Å². The first kappa shape index (κ1) is 14.5. The van der Waals surface area contributed by atoms with Gasteiger partial charge in [0.1, 0.15) is 5.82 Å². The average Bonchev–Trinajstić information content (AvgIpc) is 2.44. The second-order valence-corrected chi connectivity index (χ2v) is 5.01. The van der Waals surface area contributed by atoms with Gasteiger partial charge in [0.25, 0.3) is 5.91 Å². The van der Waals surface area contributed by atoms with E-state index in [1.807, 2.05) is 19.1 Å². The van der Waals surface area contributed by atoms with Gasteiger partial charge in [-0.25, -0.2) is 4.39 Å². The Morgan fingerprint density at radius 1 is 1.20 bits per heavy atom. The molecule has 0 unspecified atom stereocenters. The van der Waals surface area contributed by atoms with Gasteiger partial charge in [-0.15, -0.1) is 0 Å². The summed E-state index contributed by atoms with van der Waals surface area (Å²) in [5.74, 6) is -0.684. The quantitative estimate of drug-likeness (QED) is 0.875. The monoisotopic (exact) mass is 336 g/mol. The first-order chi connectivity index (χ1) is 9.61. The molecule has 2 aromatic rings. The van der Waals surface area contributed by atoms with Crippen LogP contribution in [0, 0.1) is 5.82 Å². The zero-order valence-electron chi connectivity index (χ0n) is 10.9. The number of hydrogen-bond donors (Lipinski definition) is 2. The van der Waals surface area contributed by atoms with Crippen molar-refractivity contribution in [2.24, 2.45) is 0 Å². The van der Waals surface area contributed by atoms with Crippen molar-refractivity contribution in [2.45, 2.75) is 6.92 Å². The number of rotatable bonds is 4. The molecule has 104 valence electrons. The van der Waals surface area contributed by atoms with Crippen molar-refractivity contribution in [2.75, 3.05) is 17.2 Å². The van der Waals surface area contributed by atoms with E-state index in [0.717, 1.165) is 5.69 Å². The summed E-state index contributed by atoms with van der Waals surface area (Å²) in [7, 11) is 0. The average molecular weight is 337 g/mol. The first-order valence-electron chi connectivity index (χ1n) is 6.21. The van der Waals surface area contributed by atoms with Crippen molar-refractivity contribution in [3.05, 3.63) is 58.3 Å². The molecular weight excluding hydrogens is 323 g/mol. The molecule has 0 spiro atoms. The number of para-hydroxylation sites is 1. The smallest absolute Gasteiger partial charge is 0.257 e. The van der Waals surface area contributed by atoms with E-state index in [2.05, 4.69) is 26.6 Å². The molecule has 0 atom stereocenters. The Bertz CT molecular complexity index is 631. The third-order valence-corrected chi connectivity index (χ3v) is 3.41. The molecule has 20 heavy (non-hydrogen) atoms. The second-order valence-electron chi connectivity index (χ2n) is 4.15. The van der Waals surface area contributed by atoms with Gasteiger partial charge in [0, 0.05) is 16.7 Å². The largest absolute Gasteiger partial charge is 0.385 e. The van der Waals surface area contributed by atoms with Crippen LogP contribution in [0.15, 0.2) is 46.9 Å². The van der Waals surface area contributed by atoms with E-state index in [1.54, 1.807) is 18.2 Å². The molecule has 0 aromatic heterocycles. The molecule has 0 aliphatic carbocycles. The number of nitrogens with one attached hydrogen (secondary N) is 2. The van der Waals surface area contributed by atoms with Crippen LogP contribution >= 0.6 is 15.9 Å². The van der Waals surface area contributed by atoms with E-state index >= 15 is 0 Å². The highest BCUT2D eigenvalue weighted by Crippen LogP contribution is 2.24. The summed E-state index contributed by atoms with van der Waals surface area (Å²) in [4.78, 5) is 12.3. The normalized spacial score (nSPS) is 10.2. The van der Waals surface area contributed by atoms with E-state index in [-0.39, 0.29) is 5.91 Å². The van der Waals surface area contributed by atoms with Gasteiger partial charge in [0.2, 0.25) is 0 Å². The molecule has 3 nitrogen and oxygen atoms in total. The summed E-state index contributed by atoms with van der Waals surface area (Å²) in [5, 5.41) is 5.82. The van der Waals surface area contributed by atoms with Gasteiger partial charge in [-0.2, -0.15) is 0 Å². The van der Waals surface area contributed by atoms with Gasteiger partial charge < -0.3 is 10.6 Å². The lowest BCUT2D eigenvalue weighted by Gasteiger charge is -2.12. The zero-order valence-corrected chi connectivity index (χ0v) is 12.5. The SMILES string of the molecule is CCNc1ccccc1C(=O)Nc1cc(F)ccc1Br. The minimum absolute atomic E-state index is 0.284. The van der Waals surface area contributed by atoms with Crippen molar-refractivity contribution in [1.82, 2.24) is 0 Å². The lowest BCUT2D eigenvalue weighted by molar-refractivity contribution is 0.102. The fraction of sp³-hybridized carbons (Fsp3) is 0.133. The summed E-state index contributed by atoms with van der Waals surface area (Å²) < 4.78 is 13.8. The summed E-state index contributed by atoms with van der Waals surface area (Å²) in [6.45, 7) is 2.67. The van der Waals surface area contributed by atoms with Crippen LogP contribution < -0.4 is 10.6 Å². The van der Waals surface area contributed by atoms with Gasteiger partial charge in [-0.1, -0.05) is 12.1 Å². The van der Waals surface area contributed by atoms with Gasteiger partial charge in [-0.05, 0) is 53.2 Å². The Labute approximate surface area is 125 Å². The molecule has 2 N–H and O–H groups in total. The second kappa shape index (κ2) is 6.52. The van der Waals surface area contributed by atoms with Crippen LogP contribution in [0.5, 0.6) is 0 Å². The third-order valence-electron chi connectivity index (χ3n) is 2.72. The third kappa shape index (κ3) is 3.36. The van der Waals surface area contributed by atoms with Crippen molar-refractivity contribution >= 4 is 33.2 Å². The van der Waals surface area contributed by atoms with Crippen molar-refractivity contribution in [3.63, 3.8) is 0 Å². The fourth-order valence-corrected chi connectivity index (χ4v) is 2.15. The van der Waals surface area contributed by atoms with Crippen molar-refractivity contribution in [1.29, 1.82) is 0 Å². The fourth-order valence-electron chi connectivity index (χ4n) is 1.81. The van der Waals surface area contributed by atoms with Crippen LogP contribution in [0.4, 0.5) is 15.8 Å². The Kier molecular flexibility index (Phi) is 4.74. The molecule has 5 heteroatoms. The molecule has 0 fully saturated rings. The van der Waals surface area contributed by atoms with Crippen LogP contribution in [-0.2, 0) is 0 Å². The maximum Gasteiger partial charge on any atom is 0.257 e. The van der Waals surface area contributed by atoms with E-state index in [1.165, 1.54) is 12.1 Å². The number of amides is 1. The van der Waals surface area contributed by atoms with E-state index in [0.29, 0.717) is 22.3 Å². The van der Waals surface area contributed by atoms with Crippen molar-refractivity contribution in [3.8, 4) is 0 Å². The molecule has 0 radical (unpaired) electrons. The summed E-state index contributed by atoms with van der Waals surface area (Å²) in [6, 6.07) is 11.4. The van der Waals surface area contributed by atoms with Crippen LogP contribution in [0.2, 0.25) is 0 Å².